The summed E-state index contributed by atoms with van der Waals surface area (Å²) in [7, 11) is 0. The van der Waals surface area contributed by atoms with E-state index in [-0.39, 0.29) is 30.1 Å². The zero-order valence-electron chi connectivity index (χ0n) is 10.7. The lowest BCUT2D eigenvalue weighted by Gasteiger charge is -2.22. The summed E-state index contributed by atoms with van der Waals surface area (Å²) >= 11 is 0. The maximum absolute atomic E-state index is 9.37. The molecule has 18 heavy (non-hydrogen) atoms. The van der Waals surface area contributed by atoms with Gasteiger partial charge in [-0.3, -0.25) is 0 Å². The van der Waals surface area contributed by atoms with Crippen LogP contribution in [-0.2, 0) is 0 Å². The van der Waals surface area contributed by atoms with Crippen molar-refractivity contribution in [3.63, 3.8) is 0 Å². The van der Waals surface area contributed by atoms with E-state index in [4.69, 9.17) is 10.8 Å². The van der Waals surface area contributed by atoms with E-state index >= 15 is 0 Å². The van der Waals surface area contributed by atoms with Crippen molar-refractivity contribution < 1.29 is 15.3 Å². The topological polar surface area (TPSA) is 96.5 Å². The standard InChI is InChI=1S/C13H21N2O3/c1-8(2)11(7-16)15-6-10(14)9-3-4-12(17)13(18)5-9/h3-5,8,10-11,14-18H,6-7H2,1-2H3/t10?,11-/m0/s1. The molecule has 5 nitrogen and oxygen atoms in total. The minimum atomic E-state index is -0.552. The predicted octanol–water partition coefficient (Wildman–Crippen LogP) is 1.03. The van der Waals surface area contributed by atoms with E-state index in [0.717, 1.165) is 0 Å². The van der Waals surface area contributed by atoms with Crippen molar-refractivity contribution in [3.8, 4) is 11.5 Å². The van der Waals surface area contributed by atoms with Gasteiger partial charge in [0.1, 0.15) is 0 Å². The summed E-state index contributed by atoms with van der Waals surface area (Å²) in [5, 5.41) is 30.8. The molecule has 0 aliphatic rings. The van der Waals surface area contributed by atoms with Crippen molar-refractivity contribution in [2.75, 3.05) is 13.2 Å². The van der Waals surface area contributed by atoms with Gasteiger partial charge in [0.2, 0.25) is 0 Å². The Morgan fingerprint density at radius 2 is 1.89 bits per heavy atom. The van der Waals surface area contributed by atoms with Crippen molar-refractivity contribution in [3.05, 3.63) is 23.8 Å². The Kier molecular flexibility index (Phi) is 5.40. The predicted molar refractivity (Wildman–Crippen MR) is 69.3 cm³/mol. The highest BCUT2D eigenvalue weighted by atomic mass is 16.3. The van der Waals surface area contributed by atoms with Gasteiger partial charge in [0, 0.05) is 12.6 Å². The second-order valence-electron chi connectivity index (χ2n) is 4.74. The number of hydrogen-bond acceptors (Lipinski definition) is 4. The van der Waals surface area contributed by atoms with E-state index in [9.17, 15) is 10.2 Å². The Hall–Kier alpha value is -1.30. The average Bonchev–Trinajstić information content (AvgIpc) is 2.32. The van der Waals surface area contributed by atoms with Gasteiger partial charge in [-0.1, -0.05) is 19.9 Å². The van der Waals surface area contributed by atoms with E-state index in [1.807, 2.05) is 13.8 Å². The third-order valence-corrected chi connectivity index (χ3v) is 2.99. The molecule has 5 N–H and O–H groups in total. The van der Waals surface area contributed by atoms with Crippen LogP contribution >= 0.6 is 0 Å². The Bertz CT molecular complexity index is 382. The van der Waals surface area contributed by atoms with Crippen LogP contribution in [0.3, 0.4) is 0 Å². The van der Waals surface area contributed by atoms with Crippen LogP contribution in [0.4, 0.5) is 0 Å². The number of nitrogens with one attached hydrogen (secondary N) is 2. The van der Waals surface area contributed by atoms with Gasteiger partial charge in [-0.15, -0.1) is 0 Å². The van der Waals surface area contributed by atoms with Crippen molar-refractivity contribution in [2.45, 2.75) is 25.9 Å². The lowest BCUT2D eigenvalue weighted by Crippen LogP contribution is -2.39. The Morgan fingerprint density at radius 3 is 2.39 bits per heavy atom. The number of hydrogen-bond donors (Lipinski definition) is 4. The van der Waals surface area contributed by atoms with Crippen LogP contribution in [0.1, 0.15) is 25.5 Å². The van der Waals surface area contributed by atoms with Crippen molar-refractivity contribution in [1.82, 2.24) is 11.1 Å². The average molecular weight is 253 g/mol. The molecule has 1 aromatic rings. The summed E-state index contributed by atoms with van der Waals surface area (Å²) in [5.74, 6) is -0.114. The lowest BCUT2D eigenvalue weighted by atomic mass is 10.0. The summed E-state index contributed by atoms with van der Waals surface area (Å²) in [5.41, 5.74) is 8.58. The van der Waals surface area contributed by atoms with Crippen LogP contribution in [0.15, 0.2) is 18.2 Å². The molecule has 0 aromatic heterocycles. The van der Waals surface area contributed by atoms with Crippen molar-refractivity contribution >= 4 is 0 Å². The fraction of sp³-hybridized carbons (Fsp3) is 0.538. The van der Waals surface area contributed by atoms with Gasteiger partial charge in [-0.2, -0.15) is 0 Å². The molecule has 1 radical (unpaired) electrons. The van der Waals surface area contributed by atoms with Crippen molar-refractivity contribution in [2.24, 2.45) is 5.92 Å². The number of benzene rings is 1. The molecule has 0 spiro atoms. The van der Waals surface area contributed by atoms with E-state index < -0.39 is 6.04 Å². The molecule has 0 amide bonds. The van der Waals surface area contributed by atoms with Crippen LogP contribution in [0.25, 0.3) is 0 Å². The molecule has 0 aliphatic heterocycles. The summed E-state index contributed by atoms with van der Waals surface area (Å²) < 4.78 is 0. The van der Waals surface area contributed by atoms with Crippen LogP contribution in [0, 0.1) is 5.92 Å². The molecule has 0 heterocycles. The molecule has 1 rings (SSSR count). The first-order valence-electron chi connectivity index (χ1n) is 6.03. The minimum Gasteiger partial charge on any atom is -0.504 e. The van der Waals surface area contributed by atoms with Crippen LogP contribution in [0.5, 0.6) is 11.5 Å². The Morgan fingerprint density at radius 1 is 1.22 bits per heavy atom. The first-order chi connectivity index (χ1) is 8.45. The molecule has 1 aromatic carbocycles. The third kappa shape index (κ3) is 3.87. The molecule has 0 aliphatic carbocycles. The second kappa shape index (κ2) is 6.58. The maximum Gasteiger partial charge on any atom is 0.157 e. The number of rotatable bonds is 6. The third-order valence-electron chi connectivity index (χ3n) is 2.99. The summed E-state index contributed by atoms with van der Waals surface area (Å²) in [6.07, 6.45) is 0. The van der Waals surface area contributed by atoms with Gasteiger partial charge in [0.25, 0.3) is 0 Å². The van der Waals surface area contributed by atoms with Gasteiger partial charge in [-0.25, -0.2) is 5.73 Å². The van der Waals surface area contributed by atoms with Crippen molar-refractivity contribution in [1.29, 1.82) is 0 Å². The highest BCUT2D eigenvalue weighted by Crippen LogP contribution is 2.27. The highest BCUT2D eigenvalue weighted by Gasteiger charge is 2.15. The Balaban J connectivity index is 2.59. The minimum absolute atomic E-state index is 0.0330. The van der Waals surface area contributed by atoms with E-state index in [0.29, 0.717) is 12.1 Å². The molecule has 0 saturated heterocycles. The molecular weight excluding hydrogens is 232 g/mol. The van der Waals surface area contributed by atoms with Gasteiger partial charge in [0.05, 0.1) is 12.6 Å². The molecule has 0 fully saturated rings. The first kappa shape index (κ1) is 14.8. The smallest absolute Gasteiger partial charge is 0.157 e. The SMILES string of the molecule is CC(C)[C@H](CO)NCC([NH])c1ccc(O)c(O)c1. The molecule has 1 unspecified atom stereocenters. The van der Waals surface area contributed by atoms with Gasteiger partial charge in [-0.05, 0) is 23.6 Å². The van der Waals surface area contributed by atoms with Gasteiger partial charge in [0.15, 0.2) is 11.5 Å². The molecule has 0 bridgehead atoms. The molecule has 2 atom stereocenters. The van der Waals surface area contributed by atoms with E-state index in [1.54, 1.807) is 6.07 Å². The normalized spacial score (nSPS) is 14.7. The number of aliphatic hydroxyl groups excluding tert-OH is 1. The zero-order valence-corrected chi connectivity index (χ0v) is 10.7. The monoisotopic (exact) mass is 253 g/mol. The van der Waals surface area contributed by atoms with E-state index in [1.165, 1.54) is 12.1 Å². The fourth-order valence-corrected chi connectivity index (χ4v) is 1.66. The largest absolute Gasteiger partial charge is 0.504 e. The van der Waals surface area contributed by atoms with Gasteiger partial charge < -0.3 is 20.6 Å². The number of phenolic OH excluding ortho intramolecular Hbond substituents is 2. The number of aromatic hydroxyl groups is 2. The zero-order chi connectivity index (χ0) is 13.7. The van der Waals surface area contributed by atoms with Crippen LogP contribution in [0.2, 0.25) is 0 Å². The Labute approximate surface area is 107 Å². The summed E-state index contributed by atoms with van der Waals surface area (Å²) in [6, 6.07) is 3.78. The van der Waals surface area contributed by atoms with Crippen LogP contribution < -0.4 is 11.1 Å². The second-order valence-corrected chi connectivity index (χ2v) is 4.74. The van der Waals surface area contributed by atoms with E-state index in [2.05, 4.69) is 5.32 Å². The molecule has 101 valence electrons. The lowest BCUT2D eigenvalue weighted by molar-refractivity contribution is 0.209. The molecule has 0 saturated carbocycles. The maximum atomic E-state index is 9.37. The highest BCUT2D eigenvalue weighted by molar-refractivity contribution is 5.41. The number of aliphatic hydroxyl groups is 1. The quantitative estimate of drug-likeness (QED) is 0.569. The molecular formula is C13H21N2O3. The summed E-state index contributed by atoms with van der Waals surface area (Å²) in [4.78, 5) is 0. The van der Waals surface area contributed by atoms with Gasteiger partial charge >= 0.3 is 0 Å². The summed E-state index contributed by atoms with van der Waals surface area (Å²) in [6.45, 7) is 4.41. The first-order valence-corrected chi connectivity index (χ1v) is 6.03. The van der Waals surface area contributed by atoms with Crippen LogP contribution in [-0.4, -0.2) is 34.5 Å². The fourth-order valence-electron chi connectivity index (χ4n) is 1.66. The number of phenols is 2. The molecule has 5 heteroatoms.